The third kappa shape index (κ3) is 3.11. The van der Waals surface area contributed by atoms with E-state index in [1.165, 1.54) is 16.7 Å². The van der Waals surface area contributed by atoms with E-state index < -0.39 is 0 Å². The van der Waals surface area contributed by atoms with Crippen LogP contribution in [0.4, 0.5) is 5.69 Å². The Morgan fingerprint density at radius 3 is 2.61 bits per heavy atom. The SMILES string of the molecule is Cc1ccc(CNc2cccc(CO)c2)c(C)c1. The van der Waals surface area contributed by atoms with Gasteiger partial charge in [0, 0.05) is 12.2 Å². The highest BCUT2D eigenvalue weighted by Gasteiger charge is 1.99. The molecule has 2 rings (SSSR count). The van der Waals surface area contributed by atoms with E-state index in [-0.39, 0.29) is 6.61 Å². The van der Waals surface area contributed by atoms with Gasteiger partial charge in [-0.25, -0.2) is 0 Å². The molecule has 2 aromatic rings. The Kier molecular flexibility index (Phi) is 4.00. The maximum atomic E-state index is 9.09. The van der Waals surface area contributed by atoms with Gasteiger partial charge in [-0.3, -0.25) is 0 Å². The van der Waals surface area contributed by atoms with E-state index >= 15 is 0 Å². The molecule has 2 heteroatoms. The number of aliphatic hydroxyl groups is 1. The summed E-state index contributed by atoms with van der Waals surface area (Å²) in [5.41, 5.74) is 5.87. The minimum absolute atomic E-state index is 0.0824. The highest BCUT2D eigenvalue weighted by atomic mass is 16.3. The molecule has 0 amide bonds. The minimum atomic E-state index is 0.0824. The number of anilines is 1. The first-order chi connectivity index (χ1) is 8.69. The molecule has 2 nitrogen and oxygen atoms in total. The van der Waals surface area contributed by atoms with Gasteiger partial charge < -0.3 is 10.4 Å². The van der Waals surface area contributed by atoms with Gasteiger partial charge in [-0.1, -0.05) is 35.9 Å². The highest BCUT2D eigenvalue weighted by molar-refractivity contribution is 5.46. The Morgan fingerprint density at radius 2 is 1.89 bits per heavy atom. The molecule has 0 aliphatic heterocycles. The van der Waals surface area contributed by atoms with Gasteiger partial charge in [-0.15, -0.1) is 0 Å². The molecule has 0 unspecified atom stereocenters. The zero-order valence-corrected chi connectivity index (χ0v) is 10.9. The predicted octanol–water partition coefficient (Wildman–Crippen LogP) is 3.41. The summed E-state index contributed by atoms with van der Waals surface area (Å²) < 4.78 is 0. The van der Waals surface area contributed by atoms with Crippen LogP contribution in [0.1, 0.15) is 22.3 Å². The average molecular weight is 241 g/mol. The van der Waals surface area contributed by atoms with Crippen molar-refractivity contribution < 1.29 is 5.11 Å². The Hall–Kier alpha value is -1.80. The summed E-state index contributed by atoms with van der Waals surface area (Å²) in [6.45, 7) is 5.13. The van der Waals surface area contributed by atoms with Crippen LogP contribution in [-0.2, 0) is 13.2 Å². The van der Waals surface area contributed by atoms with E-state index in [1.54, 1.807) is 0 Å². The molecule has 0 spiro atoms. The molecule has 0 aliphatic carbocycles. The number of aliphatic hydroxyl groups excluding tert-OH is 1. The zero-order chi connectivity index (χ0) is 13.0. The predicted molar refractivity (Wildman–Crippen MR) is 75.6 cm³/mol. The maximum absolute atomic E-state index is 9.09. The van der Waals surface area contributed by atoms with Crippen molar-refractivity contribution in [1.29, 1.82) is 0 Å². The molecule has 2 N–H and O–H groups in total. The molecular formula is C16H19NO. The highest BCUT2D eigenvalue weighted by Crippen LogP contribution is 2.15. The molecule has 18 heavy (non-hydrogen) atoms. The molecule has 0 radical (unpaired) electrons. The number of aryl methyl sites for hydroxylation is 2. The number of hydrogen-bond donors (Lipinski definition) is 2. The van der Waals surface area contributed by atoms with Crippen molar-refractivity contribution in [2.24, 2.45) is 0 Å². The minimum Gasteiger partial charge on any atom is -0.392 e. The van der Waals surface area contributed by atoms with Crippen molar-refractivity contribution in [1.82, 2.24) is 0 Å². The fraction of sp³-hybridized carbons (Fsp3) is 0.250. The van der Waals surface area contributed by atoms with Gasteiger partial charge in [-0.05, 0) is 42.7 Å². The maximum Gasteiger partial charge on any atom is 0.0682 e. The molecule has 0 saturated carbocycles. The van der Waals surface area contributed by atoms with E-state index in [2.05, 4.69) is 37.4 Å². The van der Waals surface area contributed by atoms with Crippen LogP contribution in [0, 0.1) is 13.8 Å². The Balaban J connectivity index is 2.06. The van der Waals surface area contributed by atoms with Crippen LogP contribution < -0.4 is 5.32 Å². The van der Waals surface area contributed by atoms with E-state index in [0.29, 0.717) is 0 Å². The summed E-state index contributed by atoms with van der Waals surface area (Å²) in [7, 11) is 0. The van der Waals surface area contributed by atoms with Crippen molar-refractivity contribution in [3.63, 3.8) is 0 Å². The van der Waals surface area contributed by atoms with Gasteiger partial charge in [0.05, 0.1) is 6.61 Å². The molecule has 0 aliphatic rings. The molecule has 94 valence electrons. The molecular weight excluding hydrogens is 222 g/mol. The Labute approximate surface area is 108 Å². The molecule has 0 saturated heterocycles. The normalized spacial score (nSPS) is 10.4. The largest absolute Gasteiger partial charge is 0.392 e. The van der Waals surface area contributed by atoms with Crippen molar-refractivity contribution in [3.05, 3.63) is 64.7 Å². The number of benzene rings is 2. The fourth-order valence-electron chi connectivity index (χ4n) is 2.02. The quantitative estimate of drug-likeness (QED) is 0.859. The fourth-order valence-corrected chi connectivity index (χ4v) is 2.02. The summed E-state index contributed by atoms with van der Waals surface area (Å²) in [6, 6.07) is 14.4. The van der Waals surface area contributed by atoms with Gasteiger partial charge >= 0.3 is 0 Å². The van der Waals surface area contributed by atoms with Crippen LogP contribution in [0.5, 0.6) is 0 Å². The monoisotopic (exact) mass is 241 g/mol. The summed E-state index contributed by atoms with van der Waals surface area (Å²) in [6.07, 6.45) is 0. The van der Waals surface area contributed by atoms with Crippen molar-refractivity contribution in [3.8, 4) is 0 Å². The Morgan fingerprint density at radius 1 is 1.06 bits per heavy atom. The summed E-state index contributed by atoms with van der Waals surface area (Å²) in [5.74, 6) is 0. The zero-order valence-electron chi connectivity index (χ0n) is 10.9. The topological polar surface area (TPSA) is 32.3 Å². The Bertz CT molecular complexity index is 534. The standard InChI is InChI=1S/C16H19NO/c1-12-6-7-15(13(2)8-12)10-17-16-5-3-4-14(9-16)11-18/h3-9,17-18H,10-11H2,1-2H3. The van der Waals surface area contributed by atoms with E-state index in [0.717, 1.165) is 17.8 Å². The number of nitrogens with one attached hydrogen (secondary N) is 1. The third-order valence-electron chi connectivity index (χ3n) is 3.09. The van der Waals surface area contributed by atoms with Crippen LogP contribution in [0.3, 0.4) is 0 Å². The average Bonchev–Trinajstić information content (AvgIpc) is 2.38. The lowest BCUT2D eigenvalue weighted by molar-refractivity contribution is 0.282. The second-order valence-electron chi connectivity index (χ2n) is 4.64. The molecule has 0 aromatic heterocycles. The van der Waals surface area contributed by atoms with Gasteiger partial charge in [0.2, 0.25) is 0 Å². The van der Waals surface area contributed by atoms with Crippen molar-refractivity contribution >= 4 is 5.69 Å². The lowest BCUT2D eigenvalue weighted by atomic mass is 10.1. The molecule has 0 heterocycles. The van der Waals surface area contributed by atoms with Gasteiger partial charge in [-0.2, -0.15) is 0 Å². The van der Waals surface area contributed by atoms with E-state index in [9.17, 15) is 0 Å². The molecule has 0 fully saturated rings. The van der Waals surface area contributed by atoms with Crippen LogP contribution in [-0.4, -0.2) is 5.11 Å². The van der Waals surface area contributed by atoms with Crippen molar-refractivity contribution in [2.45, 2.75) is 27.0 Å². The van der Waals surface area contributed by atoms with Crippen LogP contribution >= 0.6 is 0 Å². The van der Waals surface area contributed by atoms with Crippen LogP contribution in [0.15, 0.2) is 42.5 Å². The van der Waals surface area contributed by atoms with Crippen LogP contribution in [0.2, 0.25) is 0 Å². The van der Waals surface area contributed by atoms with Gasteiger partial charge in [0.25, 0.3) is 0 Å². The molecule has 0 bridgehead atoms. The van der Waals surface area contributed by atoms with Crippen LogP contribution in [0.25, 0.3) is 0 Å². The summed E-state index contributed by atoms with van der Waals surface area (Å²) >= 11 is 0. The smallest absolute Gasteiger partial charge is 0.0682 e. The summed E-state index contributed by atoms with van der Waals surface area (Å²) in [4.78, 5) is 0. The third-order valence-corrected chi connectivity index (χ3v) is 3.09. The van der Waals surface area contributed by atoms with Gasteiger partial charge in [0.15, 0.2) is 0 Å². The lowest BCUT2D eigenvalue weighted by Gasteiger charge is -2.10. The van der Waals surface area contributed by atoms with E-state index in [4.69, 9.17) is 5.11 Å². The first kappa shape index (κ1) is 12.7. The molecule has 0 atom stereocenters. The number of rotatable bonds is 4. The number of hydrogen-bond acceptors (Lipinski definition) is 2. The summed E-state index contributed by atoms with van der Waals surface area (Å²) in [5, 5.41) is 12.5. The van der Waals surface area contributed by atoms with Gasteiger partial charge in [0.1, 0.15) is 0 Å². The first-order valence-electron chi connectivity index (χ1n) is 6.19. The molecule has 2 aromatic carbocycles. The van der Waals surface area contributed by atoms with Crippen molar-refractivity contribution in [2.75, 3.05) is 5.32 Å². The van der Waals surface area contributed by atoms with E-state index in [1.807, 2.05) is 24.3 Å². The first-order valence-corrected chi connectivity index (χ1v) is 6.19. The second-order valence-corrected chi connectivity index (χ2v) is 4.64. The lowest BCUT2D eigenvalue weighted by Crippen LogP contribution is -2.02. The second kappa shape index (κ2) is 5.69.